The summed E-state index contributed by atoms with van der Waals surface area (Å²) in [5, 5.41) is 12.5. The number of amides is 1. The van der Waals surface area contributed by atoms with Crippen molar-refractivity contribution in [2.75, 3.05) is 44.3 Å². The first-order valence-electron chi connectivity index (χ1n) is 13.9. The van der Waals surface area contributed by atoms with Gasteiger partial charge in [0.1, 0.15) is 0 Å². The molecule has 2 aliphatic heterocycles. The molecule has 2 saturated heterocycles. The van der Waals surface area contributed by atoms with Gasteiger partial charge >= 0.3 is 0 Å². The van der Waals surface area contributed by atoms with Crippen LogP contribution in [0.4, 0.5) is 5.69 Å². The van der Waals surface area contributed by atoms with Gasteiger partial charge in [0.05, 0.1) is 36.5 Å². The number of allylic oxidation sites excluding steroid dienone is 1. The fraction of sp³-hybridized carbons (Fsp3) is 0.312. The molecule has 3 heterocycles. The van der Waals surface area contributed by atoms with Crippen LogP contribution in [-0.2, 0) is 4.74 Å². The monoisotopic (exact) mass is 555 g/mol. The number of aromatic amines is 1. The van der Waals surface area contributed by atoms with Crippen LogP contribution in [0, 0.1) is 0 Å². The molecule has 8 heteroatoms. The highest BCUT2D eigenvalue weighted by Crippen LogP contribution is 2.31. The lowest BCUT2D eigenvalue weighted by Gasteiger charge is -2.43. The molecule has 1 atom stereocenters. The van der Waals surface area contributed by atoms with E-state index in [9.17, 15) is 4.79 Å². The van der Waals surface area contributed by atoms with Crippen molar-refractivity contribution in [1.82, 2.24) is 20.4 Å². The third-order valence-corrected chi connectivity index (χ3v) is 8.37. The van der Waals surface area contributed by atoms with Crippen LogP contribution in [0.3, 0.4) is 0 Å². The van der Waals surface area contributed by atoms with Gasteiger partial charge in [-0.3, -0.25) is 14.8 Å². The Morgan fingerprint density at radius 2 is 1.88 bits per heavy atom. The number of ether oxygens (including phenoxy) is 1. The third kappa shape index (κ3) is 5.50. The lowest BCUT2D eigenvalue weighted by Crippen LogP contribution is -2.56. The fourth-order valence-electron chi connectivity index (χ4n) is 5.57. The van der Waals surface area contributed by atoms with Crippen molar-refractivity contribution in [3.05, 3.63) is 95.5 Å². The molecular weight excluding hydrogens is 522 g/mol. The number of halogens is 1. The van der Waals surface area contributed by atoms with E-state index < -0.39 is 0 Å². The number of H-pyrrole nitrogens is 1. The van der Waals surface area contributed by atoms with Gasteiger partial charge in [-0.15, -0.1) is 6.58 Å². The molecule has 2 aliphatic rings. The van der Waals surface area contributed by atoms with E-state index >= 15 is 0 Å². The Balaban J connectivity index is 1.18. The zero-order chi connectivity index (χ0) is 27.5. The summed E-state index contributed by atoms with van der Waals surface area (Å²) in [4.78, 5) is 18.4. The van der Waals surface area contributed by atoms with Crippen LogP contribution < -0.4 is 10.2 Å². The highest BCUT2D eigenvalue weighted by molar-refractivity contribution is 6.31. The Morgan fingerprint density at radius 3 is 2.58 bits per heavy atom. The quantitative estimate of drug-likeness (QED) is 0.254. The van der Waals surface area contributed by atoms with Crippen LogP contribution in [-0.4, -0.2) is 66.4 Å². The highest BCUT2D eigenvalue weighted by Gasteiger charge is 2.29. The standard InChI is InChI=1S/C32H34ClN5O2/c1-2-3-8-29(26-6-4-5-7-28(26)33)34-32(39)23-11-14-30-27(19-23)31(36-35-30)22-9-12-24(13-10-22)37-15-17-38(18-16-37)25-20-40-21-25/h2,4-7,9-14,19,25,29H,1,3,8,15-18,20-21H2,(H,34,39)(H,35,36). The van der Waals surface area contributed by atoms with Crippen molar-refractivity contribution < 1.29 is 9.53 Å². The number of carbonyl (C=O) groups is 1. The Hall–Kier alpha value is -3.65. The predicted molar refractivity (Wildman–Crippen MR) is 161 cm³/mol. The van der Waals surface area contributed by atoms with Gasteiger partial charge < -0.3 is 15.0 Å². The maximum absolute atomic E-state index is 13.4. The molecule has 0 bridgehead atoms. The van der Waals surface area contributed by atoms with E-state index in [2.05, 4.69) is 56.2 Å². The smallest absolute Gasteiger partial charge is 0.251 e. The summed E-state index contributed by atoms with van der Waals surface area (Å²) in [5.74, 6) is -0.147. The van der Waals surface area contributed by atoms with Gasteiger partial charge in [-0.25, -0.2) is 0 Å². The second-order valence-electron chi connectivity index (χ2n) is 10.5. The molecule has 0 spiro atoms. The van der Waals surface area contributed by atoms with E-state index in [1.165, 1.54) is 5.69 Å². The minimum absolute atomic E-state index is 0.147. The number of nitrogens with one attached hydrogen (secondary N) is 2. The molecule has 2 N–H and O–H groups in total. The van der Waals surface area contributed by atoms with Crippen molar-refractivity contribution >= 4 is 34.1 Å². The molecular formula is C32H34ClN5O2. The van der Waals surface area contributed by atoms with Gasteiger partial charge in [0, 0.05) is 53.4 Å². The normalized spacial score (nSPS) is 17.0. The van der Waals surface area contributed by atoms with Gasteiger partial charge in [0.25, 0.3) is 5.91 Å². The van der Waals surface area contributed by atoms with Crippen molar-refractivity contribution in [1.29, 1.82) is 0 Å². The van der Waals surface area contributed by atoms with Crippen LogP contribution >= 0.6 is 11.6 Å². The first-order chi connectivity index (χ1) is 19.6. The van der Waals surface area contributed by atoms with E-state index in [0.29, 0.717) is 23.0 Å². The van der Waals surface area contributed by atoms with Crippen molar-refractivity contribution in [3.8, 4) is 11.3 Å². The molecule has 0 radical (unpaired) electrons. The van der Waals surface area contributed by atoms with E-state index in [1.54, 1.807) is 0 Å². The first-order valence-corrected chi connectivity index (χ1v) is 14.3. The fourth-order valence-corrected chi connectivity index (χ4v) is 5.84. The minimum atomic E-state index is -0.213. The number of rotatable bonds is 9. The number of hydrogen-bond donors (Lipinski definition) is 2. The van der Waals surface area contributed by atoms with Crippen LogP contribution in [0.1, 0.15) is 34.8 Å². The number of nitrogens with zero attached hydrogens (tertiary/aromatic N) is 3. The third-order valence-electron chi connectivity index (χ3n) is 8.03. The van der Waals surface area contributed by atoms with E-state index in [0.717, 1.165) is 73.5 Å². The number of piperazine rings is 1. The summed E-state index contributed by atoms with van der Waals surface area (Å²) in [6.45, 7) is 9.73. The summed E-state index contributed by atoms with van der Waals surface area (Å²) in [5.41, 5.74) is 5.44. The summed E-state index contributed by atoms with van der Waals surface area (Å²) in [6.07, 6.45) is 3.34. The SMILES string of the molecule is C=CCCC(NC(=O)c1ccc2[nH]nc(-c3ccc(N4CCN(C5COC5)CC4)cc3)c2c1)c1ccccc1Cl. The number of hydrogen-bond acceptors (Lipinski definition) is 5. The van der Waals surface area contributed by atoms with Crippen LogP contribution in [0.25, 0.3) is 22.2 Å². The largest absolute Gasteiger partial charge is 0.378 e. The molecule has 1 aromatic heterocycles. The predicted octanol–water partition coefficient (Wildman–Crippen LogP) is 5.84. The second-order valence-corrected chi connectivity index (χ2v) is 10.9. The van der Waals surface area contributed by atoms with Crippen molar-refractivity contribution in [3.63, 3.8) is 0 Å². The molecule has 6 rings (SSSR count). The number of aromatic nitrogens is 2. The molecule has 1 amide bonds. The lowest BCUT2D eigenvalue weighted by molar-refractivity contribution is -0.0660. The second kappa shape index (κ2) is 11.8. The Bertz CT molecular complexity index is 1490. The Kier molecular flexibility index (Phi) is 7.86. The molecule has 0 saturated carbocycles. The van der Waals surface area contributed by atoms with E-state index in [1.807, 2.05) is 48.5 Å². The Morgan fingerprint density at radius 1 is 1.10 bits per heavy atom. The number of benzene rings is 3. The zero-order valence-corrected chi connectivity index (χ0v) is 23.2. The maximum atomic E-state index is 13.4. The van der Waals surface area contributed by atoms with Crippen molar-refractivity contribution in [2.24, 2.45) is 0 Å². The summed E-state index contributed by atoms with van der Waals surface area (Å²) < 4.78 is 5.36. The zero-order valence-electron chi connectivity index (χ0n) is 22.5. The summed E-state index contributed by atoms with van der Waals surface area (Å²) in [6, 6.07) is 22.3. The van der Waals surface area contributed by atoms with E-state index in [-0.39, 0.29) is 11.9 Å². The summed E-state index contributed by atoms with van der Waals surface area (Å²) >= 11 is 6.47. The Labute approximate surface area is 239 Å². The number of carbonyl (C=O) groups excluding carboxylic acids is 1. The number of fused-ring (bicyclic) bond motifs is 1. The average Bonchev–Trinajstić information content (AvgIpc) is 3.38. The van der Waals surface area contributed by atoms with Gasteiger partial charge in [0.15, 0.2) is 0 Å². The van der Waals surface area contributed by atoms with Crippen molar-refractivity contribution in [2.45, 2.75) is 24.9 Å². The summed E-state index contributed by atoms with van der Waals surface area (Å²) in [7, 11) is 0. The van der Waals surface area contributed by atoms with Gasteiger partial charge in [-0.05, 0) is 54.8 Å². The lowest BCUT2D eigenvalue weighted by atomic mass is 10.0. The highest BCUT2D eigenvalue weighted by atomic mass is 35.5. The molecule has 40 heavy (non-hydrogen) atoms. The molecule has 206 valence electrons. The van der Waals surface area contributed by atoms with Crippen LogP contribution in [0.2, 0.25) is 5.02 Å². The molecule has 1 unspecified atom stereocenters. The number of anilines is 1. The van der Waals surface area contributed by atoms with E-state index in [4.69, 9.17) is 16.3 Å². The maximum Gasteiger partial charge on any atom is 0.251 e. The molecule has 0 aliphatic carbocycles. The molecule has 2 fully saturated rings. The van der Waals surface area contributed by atoms with Gasteiger partial charge in [0.2, 0.25) is 0 Å². The average molecular weight is 556 g/mol. The van der Waals surface area contributed by atoms with Crippen LogP contribution in [0.5, 0.6) is 0 Å². The molecule has 4 aromatic rings. The van der Waals surface area contributed by atoms with Gasteiger partial charge in [-0.2, -0.15) is 5.10 Å². The molecule has 3 aromatic carbocycles. The first kappa shape index (κ1) is 26.6. The molecule has 7 nitrogen and oxygen atoms in total. The van der Waals surface area contributed by atoms with Crippen LogP contribution in [0.15, 0.2) is 79.4 Å². The van der Waals surface area contributed by atoms with Gasteiger partial charge in [-0.1, -0.05) is 48.0 Å². The topological polar surface area (TPSA) is 73.5 Å². The minimum Gasteiger partial charge on any atom is -0.378 e.